The largest absolute Gasteiger partial charge is 0.492 e. The van der Waals surface area contributed by atoms with Gasteiger partial charge < -0.3 is 19.3 Å². The van der Waals surface area contributed by atoms with Crippen molar-refractivity contribution in [2.75, 3.05) is 19.7 Å². The number of halogens is 1. The van der Waals surface area contributed by atoms with Gasteiger partial charge in [0.05, 0.1) is 23.7 Å². The van der Waals surface area contributed by atoms with Crippen molar-refractivity contribution in [3.63, 3.8) is 0 Å². The normalized spacial score (nSPS) is 23.5. The number of piperidine rings is 2. The van der Waals surface area contributed by atoms with E-state index in [0.717, 1.165) is 5.56 Å². The van der Waals surface area contributed by atoms with Crippen molar-refractivity contribution in [2.45, 2.75) is 70.1 Å². The molecule has 4 amide bonds. The van der Waals surface area contributed by atoms with Crippen LogP contribution in [-0.2, 0) is 26.3 Å². The molecule has 0 radical (unpaired) electrons. The lowest BCUT2D eigenvalue weighted by molar-refractivity contribution is -0.136. The molecule has 0 aliphatic carbocycles. The topological polar surface area (TPSA) is 105 Å². The number of benzene rings is 1. The molecule has 1 atom stereocenters. The molecule has 0 bridgehead atoms. The molecular weight excluding hydrogens is 462 g/mol. The Kier molecular flexibility index (Phi) is 5.31. The van der Waals surface area contributed by atoms with Gasteiger partial charge in [0.25, 0.3) is 5.91 Å². The molecule has 0 aromatic heterocycles. The third-order valence-corrected chi connectivity index (χ3v) is 7.45. The summed E-state index contributed by atoms with van der Waals surface area (Å²) < 4.78 is 11.7. The summed E-state index contributed by atoms with van der Waals surface area (Å²) in [7, 11) is 0. The van der Waals surface area contributed by atoms with Gasteiger partial charge in [0.2, 0.25) is 11.8 Å². The van der Waals surface area contributed by atoms with Crippen molar-refractivity contribution < 1.29 is 28.7 Å². The lowest BCUT2D eigenvalue weighted by atomic mass is 9.74. The summed E-state index contributed by atoms with van der Waals surface area (Å²) in [6.07, 6.45) is 1.54. The van der Waals surface area contributed by atoms with Crippen LogP contribution in [0.25, 0.3) is 0 Å². The number of imide groups is 1. The smallest absolute Gasteiger partial charge is 0.410 e. The first kappa shape index (κ1) is 23.0. The number of nitrogens with zero attached hydrogens (tertiary/aromatic N) is 2. The zero-order chi connectivity index (χ0) is 24.4. The molecule has 4 aliphatic rings. The maximum absolute atomic E-state index is 13.2. The Balaban J connectivity index is 1.38. The van der Waals surface area contributed by atoms with E-state index in [0.29, 0.717) is 54.4 Å². The van der Waals surface area contributed by atoms with Gasteiger partial charge in [-0.3, -0.25) is 19.7 Å². The molecule has 4 heterocycles. The molecule has 182 valence electrons. The van der Waals surface area contributed by atoms with Gasteiger partial charge in [0, 0.05) is 36.1 Å². The van der Waals surface area contributed by atoms with Crippen molar-refractivity contribution in [1.29, 1.82) is 0 Å². The molecule has 1 N–H and O–H groups in total. The zero-order valence-corrected chi connectivity index (χ0v) is 20.3. The highest BCUT2D eigenvalue weighted by molar-refractivity contribution is 6.34. The van der Waals surface area contributed by atoms with Crippen molar-refractivity contribution in [3.8, 4) is 5.75 Å². The lowest BCUT2D eigenvalue weighted by Gasteiger charge is -2.39. The number of hydrogen-bond acceptors (Lipinski definition) is 6. The highest BCUT2D eigenvalue weighted by atomic mass is 35.5. The second-order valence-electron chi connectivity index (χ2n) is 10.5. The lowest BCUT2D eigenvalue weighted by Crippen LogP contribution is -2.52. The molecule has 0 unspecified atom stereocenters. The monoisotopic (exact) mass is 489 g/mol. The second-order valence-corrected chi connectivity index (χ2v) is 10.9. The highest BCUT2D eigenvalue weighted by Crippen LogP contribution is 2.51. The first-order valence-electron chi connectivity index (χ1n) is 11.6. The number of likely N-dealkylation sites (tertiary alicyclic amines) is 1. The van der Waals surface area contributed by atoms with E-state index in [1.807, 2.05) is 26.8 Å². The molecule has 1 aromatic carbocycles. The van der Waals surface area contributed by atoms with Crippen molar-refractivity contribution in [3.05, 3.63) is 27.8 Å². The minimum Gasteiger partial charge on any atom is -0.492 e. The van der Waals surface area contributed by atoms with Crippen LogP contribution in [0.3, 0.4) is 0 Å². The zero-order valence-electron chi connectivity index (χ0n) is 19.5. The average molecular weight is 490 g/mol. The number of fused-ring (bicyclic) bond motifs is 4. The van der Waals surface area contributed by atoms with Gasteiger partial charge >= 0.3 is 6.09 Å². The Labute approximate surface area is 202 Å². The van der Waals surface area contributed by atoms with Gasteiger partial charge in [-0.15, -0.1) is 0 Å². The molecule has 34 heavy (non-hydrogen) atoms. The van der Waals surface area contributed by atoms with Crippen LogP contribution >= 0.6 is 11.6 Å². The van der Waals surface area contributed by atoms with E-state index < -0.39 is 17.6 Å². The van der Waals surface area contributed by atoms with E-state index in [4.69, 9.17) is 21.1 Å². The standard InChI is InChI=1S/C24H28ClN3O6/c1-23(2,3)34-22(32)27-8-6-24(7-9-27)12-33-19-13-11-28(16-4-5-17(29)26-20(16)30)21(31)18(13)15(25)10-14(19)24/h10,16H,4-9,11-12H2,1-3H3,(H,26,29,30)/t16-/m0/s1. The molecule has 1 spiro atoms. The third kappa shape index (κ3) is 3.70. The van der Waals surface area contributed by atoms with E-state index in [2.05, 4.69) is 5.32 Å². The summed E-state index contributed by atoms with van der Waals surface area (Å²) in [4.78, 5) is 52.8. The van der Waals surface area contributed by atoms with Gasteiger partial charge in [-0.1, -0.05) is 11.6 Å². The molecule has 2 saturated heterocycles. The van der Waals surface area contributed by atoms with Gasteiger partial charge in [-0.05, 0) is 46.1 Å². The summed E-state index contributed by atoms with van der Waals surface area (Å²) in [5.74, 6) is -0.445. The predicted octanol–water partition coefficient (Wildman–Crippen LogP) is 2.76. The van der Waals surface area contributed by atoms with E-state index in [9.17, 15) is 19.2 Å². The summed E-state index contributed by atoms with van der Waals surface area (Å²) >= 11 is 6.62. The molecule has 10 heteroatoms. The van der Waals surface area contributed by atoms with E-state index >= 15 is 0 Å². The fraction of sp³-hybridized carbons (Fsp3) is 0.583. The van der Waals surface area contributed by atoms with Crippen LogP contribution < -0.4 is 10.1 Å². The number of nitrogens with one attached hydrogen (secondary N) is 1. The van der Waals surface area contributed by atoms with Gasteiger partial charge in [-0.2, -0.15) is 0 Å². The van der Waals surface area contributed by atoms with Gasteiger partial charge in [0.1, 0.15) is 17.4 Å². The van der Waals surface area contributed by atoms with Crippen molar-refractivity contribution in [2.24, 2.45) is 0 Å². The SMILES string of the molecule is CC(C)(C)OC(=O)N1CCC2(CC1)COc1c2cc(Cl)c2c1CN([C@H]1CCC(=O)NC1=O)C2=O. The number of hydrogen-bond donors (Lipinski definition) is 1. The Hall–Kier alpha value is -2.81. The number of amides is 4. The number of carbonyl (C=O) groups is 4. The van der Waals surface area contributed by atoms with Crippen LogP contribution in [0.5, 0.6) is 5.75 Å². The van der Waals surface area contributed by atoms with Crippen LogP contribution in [0.1, 0.15) is 67.9 Å². The quantitative estimate of drug-likeness (QED) is 0.608. The predicted molar refractivity (Wildman–Crippen MR) is 122 cm³/mol. The Morgan fingerprint density at radius 2 is 1.94 bits per heavy atom. The Morgan fingerprint density at radius 3 is 2.59 bits per heavy atom. The summed E-state index contributed by atoms with van der Waals surface area (Å²) in [5.41, 5.74) is 1.18. The van der Waals surface area contributed by atoms with Gasteiger partial charge in [-0.25, -0.2) is 4.79 Å². The maximum Gasteiger partial charge on any atom is 0.410 e. The fourth-order valence-electron chi connectivity index (χ4n) is 5.39. The first-order valence-corrected chi connectivity index (χ1v) is 12.0. The number of rotatable bonds is 1. The number of ether oxygens (including phenoxy) is 2. The molecule has 0 saturated carbocycles. The Morgan fingerprint density at radius 1 is 1.24 bits per heavy atom. The summed E-state index contributed by atoms with van der Waals surface area (Å²) in [5, 5.41) is 2.66. The van der Waals surface area contributed by atoms with Crippen LogP contribution in [0.2, 0.25) is 5.02 Å². The number of carbonyl (C=O) groups excluding carboxylic acids is 4. The van der Waals surface area contributed by atoms with Crippen LogP contribution in [0.15, 0.2) is 6.07 Å². The fourth-order valence-corrected chi connectivity index (χ4v) is 5.69. The molecule has 4 aliphatic heterocycles. The molecule has 5 rings (SSSR count). The molecular formula is C24H28ClN3O6. The van der Waals surface area contributed by atoms with Crippen LogP contribution in [-0.4, -0.2) is 65.0 Å². The minimum absolute atomic E-state index is 0.191. The molecule has 2 fully saturated rings. The van der Waals surface area contributed by atoms with E-state index in [1.165, 1.54) is 4.90 Å². The Bertz CT molecular complexity index is 1100. The molecule has 9 nitrogen and oxygen atoms in total. The van der Waals surface area contributed by atoms with Crippen molar-refractivity contribution >= 4 is 35.4 Å². The van der Waals surface area contributed by atoms with Crippen LogP contribution in [0.4, 0.5) is 4.79 Å². The minimum atomic E-state index is -0.711. The molecule has 1 aromatic rings. The average Bonchev–Trinajstić information content (AvgIpc) is 3.26. The first-order chi connectivity index (χ1) is 16.0. The summed E-state index contributed by atoms with van der Waals surface area (Å²) in [6.45, 7) is 7.27. The summed E-state index contributed by atoms with van der Waals surface area (Å²) in [6, 6.07) is 1.11. The van der Waals surface area contributed by atoms with Crippen LogP contribution in [0, 0.1) is 0 Å². The maximum atomic E-state index is 13.2. The third-order valence-electron chi connectivity index (χ3n) is 7.16. The highest BCUT2D eigenvalue weighted by Gasteiger charge is 2.49. The van der Waals surface area contributed by atoms with Gasteiger partial charge in [0.15, 0.2) is 0 Å². The van der Waals surface area contributed by atoms with E-state index in [-0.39, 0.29) is 42.7 Å². The van der Waals surface area contributed by atoms with Crippen molar-refractivity contribution in [1.82, 2.24) is 15.1 Å². The second kappa shape index (κ2) is 7.86. The van der Waals surface area contributed by atoms with E-state index in [1.54, 1.807) is 4.90 Å².